The Morgan fingerprint density at radius 1 is 0.615 bits per heavy atom. The summed E-state index contributed by atoms with van der Waals surface area (Å²) in [6, 6.07) is 0. The van der Waals surface area contributed by atoms with Crippen LogP contribution in [0.15, 0.2) is 0 Å². The highest BCUT2D eigenvalue weighted by Gasteiger charge is 2.06. The molecule has 80 valence electrons. The zero-order valence-corrected chi connectivity index (χ0v) is 8.67. The zero-order chi connectivity index (χ0) is 9.94. The van der Waals surface area contributed by atoms with Crippen molar-refractivity contribution >= 4 is 0 Å². The van der Waals surface area contributed by atoms with Crippen LogP contribution in [0.4, 0.5) is 0 Å². The lowest BCUT2D eigenvalue weighted by atomic mass is 9.93. The summed E-state index contributed by atoms with van der Waals surface area (Å²) in [7, 11) is 0. The van der Waals surface area contributed by atoms with Crippen LogP contribution >= 0.6 is 0 Å². The lowest BCUT2D eigenvalue weighted by Crippen LogP contribution is -2.10. The molecule has 0 aliphatic rings. The highest BCUT2D eigenvalue weighted by molar-refractivity contribution is 4.61. The molecule has 0 aromatic heterocycles. The van der Waals surface area contributed by atoms with Crippen molar-refractivity contribution < 1.29 is 0 Å². The van der Waals surface area contributed by atoms with E-state index in [-0.39, 0.29) is 0 Å². The zero-order valence-electron chi connectivity index (χ0n) is 8.67. The Kier molecular flexibility index (Phi) is 9.87. The number of nitrogens with two attached hydrogens (primary N) is 3. The third-order valence-electron chi connectivity index (χ3n) is 2.45. The van der Waals surface area contributed by atoms with E-state index in [1.165, 1.54) is 19.3 Å². The van der Waals surface area contributed by atoms with Gasteiger partial charge in [0, 0.05) is 0 Å². The van der Waals surface area contributed by atoms with Gasteiger partial charge in [0.05, 0.1) is 0 Å². The SMILES string of the molecule is NCCCC(CCCN)CCCN. The molecule has 0 saturated heterocycles. The molecular formula is C10H25N3. The summed E-state index contributed by atoms with van der Waals surface area (Å²) in [4.78, 5) is 0. The van der Waals surface area contributed by atoms with E-state index in [9.17, 15) is 0 Å². The van der Waals surface area contributed by atoms with Crippen LogP contribution in [0.3, 0.4) is 0 Å². The van der Waals surface area contributed by atoms with E-state index < -0.39 is 0 Å². The average Bonchev–Trinajstić information content (AvgIpc) is 2.17. The van der Waals surface area contributed by atoms with Crippen LogP contribution in [0.5, 0.6) is 0 Å². The van der Waals surface area contributed by atoms with Crippen LogP contribution < -0.4 is 17.2 Å². The summed E-state index contributed by atoms with van der Waals surface area (Å²) in [5.41, 5.74) is 16.5. The van der Waals surface area contributed by atoms with E-state index in [0.717, 1.165) is 44.8 Å². The molecule has 0 bridgehead atoms. The van der Waals surface area contributed by atoms with Crippen molar-refractivity contribution in [2.75, 3.05) is 19.6 Å². The molecule has 0 aliphatic heterocycles. The van der Waals surface area contributed by atoms with Gasteiger partial charge in [-0.2, -0.15) is 0 Å². The third-order valence-corrected chi connectivity index (χ3v) is 2.45. The minimum atomic E-state index is 0.802. The molecule has 0 atom stereocenters. The van der Waals surface area contributed by atoms with Gasteiger partial charge in [-0.05, 0) is 64.1 Å². The molecule has 0 saturated carbocycles. The highest BCUT2D eigenvalue weighted by atomic mass is 14.5. The monoisotopic (exact) mass is 187 g/mol. The Balaban J connectivity index is 3.47. The summed E-state index contributed by atoms with van der Waals surface area (Å²) in [5, 5.41) is 0. The van der Waals surface area contributed by atoms with Crippen LogP contribution in [-0.2, 0) is 0 Å². The van der Waals surface area contributed by atoms with Gasteiger partial charge in [0.25, 0.3) is 0 Å². The van der Waals surface area contributed by atoms with Crippen molar-refractivity contribution in [1.29, 1.82) is 0 Å². The van der Waals surface area contributed by atoms with Crippen LogP contribution in [0.2, 0.25) is 0 Å². The minimum absolute atomic E-state index is 0.802. The first-order valence-electron chi connectivity index (χ1n) is 5.45. The van der Waals surface area contributed by atoms with E-state index >= 15 is 0 Å². The lowest BCUT2D eigenvalue weighted by Gasteiger charge is -2.15. The Morgan fingerprint density at radius 2 is 0.923 bits per heavy atom. The number of hydrogen-bond acceptors (Lipinski definition) is 3. The van der Waals surface area contributed by atoms with Crippen molar-refractivity contribution in [2.24, 2.45) is 23.1 Å². The summed E-state index contributed by atoms with van der Waals surface area (Å²) < 4.78 is 0. The molecule has 0 heterocycles. The molecule has 0 amide bonds. The van der Waals surface area contributed by atoms with Crippen molar-refractivity contribution in [3.05, 3.63) is 0 Å². The predicted octanol–water partition coefficient (Wildman–Crippen LogP) is 0.819. The Bertz CT molecular complexity index is 77.2. The Morgan fingerprint density at radius 3 is 1.15 bits per heavy atom. The quantitative estimate of drug-likeness (QED) is 0.500. The molecule has 0 fully saturated rings. The van der Waals surface area contributed by atoms with Gasteiger partial charge in [0.15, 0.2) is 0 Å². The fraction of sp³-hybridized carbons (Fsp3) is 1.00. The summed E-state index contributed by atoms with van der Waals surface area (Å²) >= 11 is 0. The smallest absolute Gasteiger partial charge is 0.00772 e. The molecule has 13 heavy (non-hydrogen) atoms. The molecule has 3 nitrogen and oxygen atoms in total. The second-order valence-corrected chi connectivity index (χ2v) is 3.66. The first kappa shape index (κ1) is 12.9. The van der Waals surface area contributed by atoms with Crippen LogP contribution in [0.25, 0.3) is 0 Å². The molecule has 0 unspecified atom stereocenters. The van der Waals surface area contributed by atoms with Crippen LogP contribution in [0.1, 0.15) is 38.5 Å². The summed E-state index contributed by atoms with van der Waals surface area (Å²) in [6.45, 7) is 2.42. The van der Waals surface area contributed by atoms with Gasteiger partial charge >= 0.3 is 0 Å². The maximum Gasteiger partial charge on any atom is -0.00772 e. The predicted molar refractivity (Wildman–Crippen MR) is 58.4 cm³/mol. The first-order valence-corrected chi connectivity index (χ1v) is 5.45. The molecule has 3 heteroatoms. The van der Waals surface area contributed by atoms with Crippen molar-refractivity contribution in [2.45, 2.75) is 38.5 Å². The van der Waals surface area contributed by atoms with E-state index in [2.05, 4.69) is 0 Å². The topological polar surface area (TPSA) is 78.1 Å². The standard InChI is InChI=1S/C10H25N3/c11-7-1-4-10(5-2-8-12)6-3-9-13/h10H,1-9,11-13H2. The lowest BCUT2D eigenvalue weighted by molar-refractivity contribution is 0.394. The molecule has 0 aromatic rings. The van der Waals surface area contributed by atoms with E-state index in [1.54, 1.807) is 0 Å². The van der Waals surface area contributed by atoms with Gasteiger partial charge in [0.2, 0.25) is 0 Å². The summed E-state index contributed by atoms with van der Waals surface area (Å²) in [6.07, 6.45) is 7.16. The first-order chi connectivity index (χ1) is 6.35. The van der Waals surface area contributed by atoms with E-state index in [1.807, 2.05) is 0 Å². The Labute approximate surface area is 82.0 Å². The largest absolute Gasteiger partial charge is 0.330 e. The van der Waals surface area contributed by atoms with Crippen molar-refractivity contribution in [3.63, 3.8) is 0 Å². The Hall–Kier alpha value is -0.120. The van der Waals surface area contributed by atoms with Gasteiger partial charge < -0.3 is 17.2 Å². The number of hydrogen-bond donors (Lipinski definition) is 3. The summed E-state index contributed by atoms with van der Waals surface area (Å²) in [5.74, 6) is 0.802. The maximum absolute atomic E-state index is 5.48. The van der Waals surface area contributed by atoms with Crippen molar-refractivity contribution in [1.82, 2.24) is 0 Å². The van der Waals surface area contributed by atoms with Gasteiger partial charge in [-0.1, -0.05) is 0 Å². The molecular weight excluding hydrogens is 162 g/mol. The van der Waals surface area contributed by atoms with Gasteiger partial charge in [-0.15, -0.1) is 0 Å². The normalized spacial score (nSPS) is 11.1. The van der Waals surface area contributed by atoms with Gasteiger partial charge in [-0.3, -0.25) is 0 Å². The molecule has 0 rings (SSSR count). The fourth-order valence-corrected chi connectivity index (χ4v) is 1.65. The van der Waals surface area contributed by atoms with Gasteiger partial charge in [0.1, 0.15) is 0 Å². The van der Waals surface area contributed by atoms with Crippen LogP contribution in [-0.4, -0.2) is 19.6 Å². The van der Waals surface area contributed by atoms with Crippen molar-refractivity contribution in [3.8, 4) is 0 Å². The third kappa shape index (κ3) is 8.22. The van der Waals surface area contributed by atoms with E-state index in [0.29, 0.717) is 0 Å². The average molecular weight is 187 g/mol. The van der Waals surface area contributed by atoms with Crippen LogP contribution in [0, 0.1) is 5.92 Å². The molecule has 0 aromatic carbocycles. The maximum atomic E-state index is 5.48. The van der Waals surface area contributed by atoms with Gasteiger partial charge in [-0.25, -0.2) is 0 Å². The molecule has 0 aliphatic carbocycles. The fourth-order valence-electron chi connectivity index (χ4n) is 1.65. The molecule has 0 radical (unpaired) electrons. The molecule has 0 spiro atoms. The highest BCUT2D eigenvalue weighted by Crippen LogP contribution is 2.18. The second-order valence-electron chi connectivity index (χ2n) is 3.66. The molecule has 6 N–H and O–H groups in total. The van der Waals surface area contributed by atoms with E-state index in [4.69, 9.17) is 17.2 Å². The minimum Gasteiger partial charge on any atom is -0.330 e. The number of rotatable bonds is 9. The second kappa shape index (κ2) is 9.96.